The summed E-state index contributed by atoms with van der Waals surface area (Å²) >= 11 is 0. The van der Waals surface area contributed by atoms with Gasteiger partial charge in [-0.25, -0.2) is 0 Å². The third kappa shape index (κ3) is 6.91. The molecule has 0 aromatic rings. The smallest absolute Gasteiger partial charge is 0.0683 e. The third-order valence-electron chi connectivity index (χ3n) is 2.64. The third-order valence-corrected chi connectivity index (χ3v) is 2.64. The van der Waals surface area contributed by atoms with Crippen LogP contribution in [0.5, 0.6) is 0 Å². The molecule has 1 N–H and O–H groups in total. The first kappa shape index (κ1) is 13.4. The van der Waals surface area contributed by atoms with Crippen molar-refractivity contribution in [2.24, 2.45) is 5.41 Å². The first-order valence-electron chi connectivity index (χ1n) is 5.66. The number of nitrogens with one attached hydrogen (secondary N) is 1. The fraction of sp³-hybridized carbons (Fsp3) is 0.917. The molecule has 0 heterocycles. The molecule has 0 fully saturated rings. The highest BCUT2D eigenvalue weighted by molar-refractivity contribution is 4.91. The zero-order chi connectivity index (χ0) is 11.0. The van der Waals surface area contributed by atoms with Gasteiger partial charge in [-0.3, -0.25) is 0 Å². The van der Waals surface area contributed by atoms with Crippen LogP contribution in [0.3, 0.4) is 0 Å². The van der Waals surface area contributed by atoms with Crippen molar-refractivity contribution < 1.29 is 0 Å². The van der Waals surface area contributed by atoms with Crippen LogP contribution in [0.15, 0.2) is 0 Å². The minimum atomic E-state index is -0.142. The number of hydrogen-bond donors (Lipinski definition) is 1. The van der Waals surface area contributed by atoms with Crippen LogP contribution in [0.1, 0.15) is 53.4 Å². The molecule has 1 atom stereocenters. The molecule has 82 valence electrons. The minimum Gasteiger partial charge on any atom is -0.314 e. The lowest BCUT2D eigenvalue weighted by Crippen LogP contribution is -2.26. The van der Waals surface area contributed by atoms with Crippen molar-refractivity contribution in [2.45, 2.75) is 59.4 Å². The van der Waals surface area contributed by atoms with Gasteiger partial charge >= 0.3 is 0 Å². The first-order chi connectivity index (χ1) is 6.52. The molecule has 1 unspecified atom stereocenters. The average Bonchev–Trinajstić information content (AvgIpc) is 2.17. The molecular weight excluding hydrogens is 172 g/mol. The predicted molar refractivity (Wildman–Crippen MR) is 61.0 cm³/mol. The van der Waals surface area contributed by atoms with Gasteiger partial charge in [-0.2, -0.15) is 5.26 Å². The summed E-state index contributed by atoms with van der Waals surface area (Å²) in [5.41, 5.74) is -0.142. The molecular formula is C12H24N2. The Kier molecular flexibility index (Phi) is 6.57. The number of nitriles is 1. The molecule has 2 heteroatoms. The highest BCUT2D eigenvalue weighted by atomic mass is 14.9. The number of unbranched alkanes of at least 4 members (excludes halogenated alkanes) is 1. The normalized spacial score (nSPS) is 13.6. The largest absolute Gasteiger partial charge is 0.314 e. The Morgan fingerprint density at radius 2 is 2.00 bits per heavy atom. The van der Waals surface area contributed by atoms with Crippen LogP contribution >= 0.6 is 0 Å². The summed E-state index contributed by atoms with van der Waals surface area (Å²) in [7, 11) is 0. The zero-order valence-electron chi connectivity index (χ0n) is 10.1. The van der Waals surface area contributed by atoms with E-state index < -0.39 is 0 Å². The second-order valence-electron chi connectivity index (χ2n) is 4.72. The van der Waals surface area contributed by atoms with E-state index in [0.717, 1.165) is 19.4 Å². The van der Waals surface area contributed by atoms with E-state index in [1.807, 2.05) is 13.8 Å². The zero-order valence-corrected chi connectivity index (χ0v) is 10.1. The Morgan fingerprint density at radius 1 is 1.36 bits per heavy atom. The second-order valence-corrected chi connectivity index (χ2v) is 4.72. The molecule has 0 amide bonds. The number of nitrogens with zero attached hydrogens (tertiary/aromatic N) is 1. The molecule has 0 saturated carbocycles. The van der Waals surface area contributed by atoms with Crippen LogP contribution in [0.4, 0.5) is 0 Å². The Balaban J connectivity index is 3.35. The summed E-state index contributed by atoms with van der Waals surface area (Å²) in [6, 6.07) is 2.96. The van der Waals surface area contributed by atoms with E-state index in [1.165, 1.54) is 12.8 Å². The lowest BCUT2D eigenvalue weighted by molar-refractivity contribution is 0.415. The number of rotatable bonds is 7. The van der Waals surface area contributed by atoms with E-state index in [2.05, 4.69) is 25.2 Å². The average molecular weight is 196 g/mol. The van der Waals surface area contributed by atoms with Crippen molar-refractivity contribution in [3.63, 3.8) is 0 Å². The first-order valence-corrected chi connectivity index (χ1v) is 5.66. The predicted octanol–water partition coefficient (Wildman–Crippen LogP) is 3.09. The Hall–Kier alpha value is -0.550. The van der Waals surface area contributed by atoms with Crippen molar-refractivity contribution in [3.8, 4) is 6.07 Å². The van der Waals surface area contributed by atoms with Gasteiger partial charge in [-0.15, -0.1) is 0 Å². The lowest BCUT2D eigenvalue weighted by Gasteiger charge is -2.15. The summed E-state index contributed by atoms with van der Waals surface area (Å²) in [6.45, 7) is 9.50. The highest BCUT2D eigenvalue weighted by Crippen LogP contribution is 2.21. The van der Waals surface area contributed by atoms with E-state index in [0.29, 0.717) is 6.04 Å². The van der Waals surface area contributed by atoms with Crippen LogP contribution in [0, 0.1) is 16.7 Å². The van der Waals surface area contributed by atoms with Crippen molar-refractivity contribution in [1.29, 1.82) is 5.26 Å². The fourth-order valence-corrected chi connectivity index (χ4v) is 1.24. The van der Waals surface area contributed by atoms with Gasteiger partial charge in [0.2, 0.25) is 0 Å². The molecule has 0 aliphatic carbocycles. The van der Waals surface area contributed by atoms with Crippen molar-refractivity contribution in [3.05, 3.63) is 0 Å². The van der Waals surface area contributed by atoms with Crippen LogP contribution in [-0.2, 0) is 0 Å². The standard InChI is InChI=1S/C12H24N2/c1-5-11(2)14-9-7-6-8-12(3,4)10-13/h11,14H,5-9H2,1-4H3. The van der Waals surface area contributed by atoms with E-state index in [4.69, 9.17) is 5.26 Å². The SMILES string of the molecule is CCC(C)NCCCCC(C)(C)C#N. The topological polar surface area (TPSA) is 35.8 Å². The molecule has 2 nitrogen and oxygen atoms in total. The highest BCUT2D eigenvalue weighted by Gasteiger charge is 2.15. The van der Waals surface area contributed by atoms with Gasteiger partial charge in [0.1, 0.15) is 0 Å². The molecule has 0 saturated heterocycles. The Bertz CT molecular complexity index is 179. The fourth-order valence-electron chi connectivity index (χ4n) is 1.24. The van der Waals surface area contributed by atoms with Gasteiger partial charge in [0.25, 0.3) is 0 Å². The molecule has 0 radical (unpaired) electrons. The lowest BCUT2D eigenvalue weighted by atomic mass is 9.89. The van der Waals surface area contributed by atoms with E-state index >= 15 is 0 Å². The molecule has 0 aromatic carbocycles. The van der Waals surface area contributed by atoms with Gasteiger partial charge in [0.05, 0.1) is 11.5 Å². The summed E-state index contributed by atoms with van der Waals surface area (Å²) < 4.78 is 0. The Morgan fingerprint density at radius 3 is 2.50 bits per heavy atom. The molecule has 0 spiro atoms. The molecule has 0 aliphatic rings. The van der Waals surface area contributed by atoms with Gasteiger partial charge < -0.3 is 5.32 Å². The number of hydrogen-bond acceptors (Lipinski definition) is 2. The van der Waals surface area contributed by atoms with Gasteiger partial charge in [-0.1, -0.05) is 13.3 Å². The van der Waals surface area contributed by atoms with E-state index in [1.54, 1.807) is 0 Å². The quantitative estimate of drug-likeness (QED) is 0.635. The van der Waals surface area contributed by atoms with Crippen molar-refractivity contribution in [2.75, 3.05) is 6.54 Å². The van der Waals surface area contributed by atoms with Gasteiger partial charge in [0.15, 0.2) is 0 Å². The van der Waals surface area contributed by atoms with Crippen LogP contribution in [0.2, 0.25) is 0 Å². The van der Waals surface area contributed by atoms with Crippen molar-refractivity contribution in [1.82, 2.24) is 5.32 Å². The van der Waals surface area contributed by atoms with E-state index in [-0.39, 0.29) is 5.41 Å². The Labute approximate surface area is 88.7 Å². The van der Waals surface area contributed by atoms with Crippen LogP contribution in [0.25, 0.3) is 0 Å². The minimum absolute atomic E-state index is 0.142. The molecule has 0 rings (SSSR count). The van der Waals surface area contributed by atoms with Crippen LogP contribution in [-0.4, -0.2) is 12.6 Å². The molecule has 14 heavy (non-hydrogen) atoms. The summed E-state index contributed by atoms with van der Waals surface area (Å²) in [5, 5.41) is 12.3. The maximum Gasteiger partial charge on any atom is 0.0683 e. The maximum atomic E-state index is 8.81. The molecule has 0 bridgehead atoms. The monoisotopic (exact) mass is 196 g/mol. The van der Waals surface area contributed by atoms with E-state index in [9.17, 15) is 0 Å². The second kappa shape index (κ2) is 6.84. The van der Waals surface area contributed by atoms with Gasteiger partial charge in [0, 0.05) is 6.04 Å². The summed E-state index contributed by atoms with van der Waals surface area (Å²) in [4.78, 5) is 0. The van der Waals surface area contributed by atoms with Crippen molar-refractivity contribution >= 4 is 0 Å². The van der Waals surface area contributed by atoms with Crippen LogP contribution < -0.4 is 5.32 Å². The van der Waals surface area contributed by atoms with Gasteiger partial charge in [-0.05, 0) is 46.6 Å². The molecule has 0 aromatic heterocycles. The molecule has 0 aliphatic heterocycles. The summed E-state index contributed by atoms with van der Waals surface area (Å²) in [6.07, 6.45) is 4.51. The summed E-state index contributed by atoms with van der Waals surface area (Å²) in [5.74, 6) is 0. The maximum absolute atomic E-state index is 8.81.